The second-order valence-electron chi connectivity index (χ2n) is 5.23. The third-order valence-corrected chi connectivity index (χ3v) is 3.64. The quantitative estimate of drug-likeness (QED) is 0.485. The first-order valence-corrected chi connectivity index (χ1v) is 6.84. The van der Waals surface area contributed by atoms with Crippen molar-refractivity contribution < 1.29 is 30.8 Å². The molecule has 0 radical (unpaired) electrons. The lowest BCUT2D eigenvalue weighted by Gasteiger charge is -2.05. The van der Waals surface area contributed by atoms with Crippen LogP contribution in [0.5, 0.6) is 0 Å². The average molecular weight is 358 g/mol. The highest BCUT2D eigenvalue weighted by atomic mass is 19.2. The van der Waals surface area contributed by atoms with Crippen LogP contribution in [0.4, 0.5) is 26.3 Å². The van der Waals surface area contributed by atoms with Crippen molar-refractivity contribution in [2.75, 3.05) is 0 Å². The largest absolute Gasteiger partial charge is 0.416 e. The van der Waals surface area contributed by atoms with Gasteiger partial charge in [-0.1, -0.05) is 0 Å². The standard InChI is InChI=1S/C16H8F6N2O/c1-5-11(19)7(3-9(17)13(5)21)15-23-24-16(25-15)8-4-10(18)14(22)6(2)12(8)20/h3-4H,1-2H3. The molecule has 0 N–H and O–H groups in total. The van der Waals surface area contributed by atoms with Gasteiger partial charge in [0.15, 0.2) is 23.3 Å². The van der Waals surface area contributed by atoms with E-state index < -0.39 is 68.9 Å². The summed E-state index contributed by atoms with van der Waals surface area (Å²) >= 11 is 0. The van der Waals surface area contributed by atoms with Gasteiger partial charge in [0.25, 0.3) is 11.8 Å². The second-order valence-corrected chi connectivity index (χ2v) is 5.23. The van der Waals surface area contributed by atoms with Crippen LogP contribution in [0.25, 0.3) is 22.9 Å². The van der Waals surface area contributed by atoms with Crippen molar-refractivity contribution >= 4 is 0 Å². The maximum absolute atomic E-state index is 14.1. The summed E-state index contributed by atoms with van der Waals surface area (Å²) < 4.78 is 86.8. The first kappa shape index (κ1) is 17.0. The van der Waals surface area contributed by atoms with Gasteiger partial charge >= 0.3 is 0 Å². The zero-order valence-corrected chi connectivity index (χ0v) is 12.7. The summed E-state index contributed by atoms with van der Waals surface area (Å²) in [6, 6.07) is 1.00. The Morgan fingerprint density at radius 3 is 1.36 bits per heavy atom. The molecule has 25 heavy (non-hydrogen) atoms. The SMILES string of the molecule is Cc1c(F)c(F)cc(-c2nnc(-c3cc(F)c(F)c(C)c3F)o2)c1F. The van der Waals surface area contributed by atoms with Gasteiger partial charge in [-0.2, -0.15) is 0 Å². The molecule has 0 aliphatic rings. The molecule has 0 fully saturated rings. The number of hydrogen-bond acceptors (Lipinski definition) is 3. The van der Waals surface area contributed by atoms with E-state index in [0.29, 0.717) is 12.1 Å². The van der Waals surface area contributed by atoms with E-state index in [9.17, 15) is 26.3 Å². The number of rotatable bonds is 2. The number of aromatic nitrogens is 2. The number of nitrogens with zero attached hydrogens (tertiary/aromatic N) is 2. The highest BCUT2D eigenvalue weighted by Crippen LogP contribution is 2.32. The fourth-order valence-corrected chi connectivity index (χ4v) is 2.21. The molecular formula is C16H8F6N2O. The molecule has 0 saturated heterocycles. The minimum atomic E-state index is -1.37. The lowest BCUT2D eigenvalue weighted by Crippen LogP contribution is -1.97. The zero-order valence-electron chi connectivity index (χ0n) is 12.7. The molecule has 130 valence electrons. The summed E-state index contributed by atoms with van der Waals surface area (Å²) in [7, 11) is 0. The van der Waals surface area contributed by atoms with E-state index in [1.165, 1.54) is 0 Å². The van der Waals surface area contributed by atoms with E-state index in [4.69, 9.17) is 4.42 Å². The predicted octanol–water partition coefficient (Wildman–Crippen LogP) is 4.86. The smallest absolute Gasteiger partial charge is 0.251 e. The van der Waals surface area contributed by atoms with Crippen molar-refractivity contribution in [3.63, 3.8) is 0 Å². The first-order chi connectivity index (χ1) is 11.7. The van der Waals surface area contributed by atoms with Gasteiger partial charge in [-0.3, -0.25) is 0 Å². The Balaban J connectivity index is 2.15. The lowest BCUT2D eigenvalue weighted by atomic mass is 10.1. The van der Waals surface area contributed by atoms with Crippen LogP contribution in [0.3, 0.4) is 0 Å². The van der Waals surface area contributed by atoms with E-state index in [1.807, 2.05) is 0 Å². The van der Waals surface area contributed by atoms with Crippen LogP contribution in [-0.2, 0) is 0 Å². The van der Waals surface area contributed by atoms with Gasteiger partial charge in [-0.05, 0) is 26.0 Å². The van der Waals surface area contributed by atoms with Crippen LogP contribution in [0.2, 0.25) is 0 Å². The summed E-state index contributed by atoms with van der Waals surface area (Å²) in [6.45, 7) is 2.01. The van der Waals surface area contributed by atoms with E-state index >= 15 is 0 Å². The van der Waals surface area contributed by atoms with Crippen molar-refractivity contribution in [1.29, 1.82) is 0 Å². The van der Waals surface area contributed by atoms with Crippen LogP contribution >= 0.6 is 0 Å². The number of halogens is 6. The highest BCUT2D eigenvalue weighted by molar-refractivity contribution is 5.60. The fourth-order valence-electron chi connectivity index (χ4n) is 2.21. The van der Waals surface area contributed by atoms with Crippen LogP contribution in [0.1, 0.15) is 11.1 Å². The Hall–Kier alpha value is -2.84. The summed E-state index contributed by atoms with van der Waals surface area (Å²) in [6.07, 6.45) is 0. The lowest BCUT2D eigenvalue weighted by molar-refractivity contribution is 0.481. The molecule has 0 amide bonds. The Morgan fingerprint density at radius 2 is 1.00 bits per heavy atom. The summed E-state index contributed by atoms with van der Waals surface area (Å²) in [5, 5.41) is 6.86. The molecule has 2 aromatic carbocycles. The van der Waals surface area contributed by atoms with Gasteiger partial charge in [0.1, 0.15) is 11.6 Å². The van der Waals surface area contributed by atoms with Gasteiger partial charge in [0.2, 0.25) is 0 Å². The molecule has 1 heterocycles. The summed E-state index contributed by atoms with van der Waals surface area (Å²) in [4.78, 5) is 0. The first-order valence-electron chi connectivity index (χ1n) is 6.84. The molecular weight excluding hydrogens is 350 g/mol. The molecule has 1 aromatic heterocycles. The van der Waals surface area contributed by atoms with E-state index in [0.717, 1.165) is 13.8 Å². The molecule has 9 heteroatoms. The molecule has 0 bridgehead atoms. The van der Waals surface area contributed by atoms with E-state index in [1.54, 1.807) is 0 Å². The van der Waals surface area contributed by atoms with Crippen LogP contribution in [0.15, 0.2) is 16.5 Å². The van der Waals surface area contributed by atoms with Crippen molar-refractivity contribution in [1.82, 2.24) is 10.2 Å². The molecule has 3 aromatic rings. The van der Waals surface area contributed by atoms with Crippen LogP contribution < -0.4 is 0 Å². The van der Waals surface area contributed by atoms with E-state index in [2.05, 4.69) is 10.2 Å². The van der Waals surface area contributed by atoms with Crippen LogP contribution in [-0.4, -0.2) is 10.2 Å². The normalized spacial score (nSPS) is 11.2. The number of benzene rings is 2. The highest BCUT2D eigenvalue weighted by Gasteiger charge is 2.24. The molecule has 3 nitrogen and oxygen atoms in total. The van der Waals surface area contributed by atoms with Crippen LogP contribution in [0, 0.1) is 48.8 Å². The Kier molecular flexibility index (Phi) is 4.02. The minimum absolute atomic E-state index is 0.502. The van der Waals surface area contributed by atoms with Gasteiger partial charge < -0.3 is 4.42 Å². The fraction of sp³-hybridized carbons (Fsp3) is 0.125. The molecule has 0 saturated carbocycles. The Bertz CT molecular complexity index is 921. The molecule has 3 rings (SSSR count). The van der Waals surface area contributed by atoms with Gasteiger partial charge in [-0.15, -0.1) is 10.2 Å². The topological polar surface area (TPSA) is 38.9 Å². The molecule has 0 aliphatic carbocycles. The predicted molar refractivity (Wildman–Crippen MR) is 74.4 cm³/mol. The molecule has 0 aliphatic heterocycles. The third kappa shape index (κ3) is 2.65. The maximum Gasteiger partial charge on any atom is 0.251 e. The van der Waals surface area contributed by atoms with Gasteiger partial charge in [-0.25, -0.2) is 26.3 Å². The minimum Gasteiger partial charge on any atom is -0.416 e. The van der Waals surface area contributed by atoms with Crippen molar-refractivity contribution in [2.24, 2.45) is 0 Å². The summed E-state index contributed by atoms with van der Waals surface area (Å²) in [5.74, 6) is -8.86. The average Bonchev–Trinajstić information content (AvgIpc) is 3.07. The Morgan fingerprint density at radius 1 is 0.640 bits per heavy atom. The second kappa shape index (κ2) is 5.91. The number of hydrogen-bond donors (Lipinski definition) is 0. The molecule has 0 spiro atoms. The molecule has 0 unspecified atom stereocenters. The van der Waals surface area contributed by atoms with Crippen molar-refractivity contribution in [2.45, 2.75) is 13.8 Å². The van der Waals surface area contributed by atoms with Crippen molar-refractivity contribution in [3.05, 3.63) is 58.2 Å². The Labute approximate surface area is 136 Å². The van der Waals surface area contributed by atoms with Gasteiger partial charge in [0.05, 0.1) is 11.1 Å². The van der Waals surface area contributed by atoms with E-state index in [-0.39, 0.29) is 0 Å². The summed E-state index contributed by atoms with van der Waals surface area (Å²) in [5.41, 5.74) is -2.31. The van der Waals surface area contributed by atoms with Gasteiger partial charge in [0, 0.05) is 11.1 Å². The van der Waals surface area contributed by atoms with Crippen molar-refractivity contribution in [3.8, 4) is 22.9 Å². The third-order valence-electron chi connectivity index (χ3n) is 3.64. The maximum atomic E-state index is 14.1. The zero-order chi connectivity index (χ0) is 18.5. The monoisotopic (exact) mass is 358 g/mol. The molecule has 0 atom stereocenters.